The van der Waals surface area contributed by atoms with E-state index in [1.165, 1.54) is 13.4 Å². The van der Waals surface area contributed by atoms with E-state index in [9.17, 15) is 4.79 Å². The molecule has 0 radical (unpaired) electrons. The van der Waals surface area contributed by atoms with Crippen molar-refractivity contribution in [1.29, 1.82) is 5.41 Å². The standard InChI is InChI=1S/C15H22Cl3NO6/c1-7(2)6-22-25-11-9(4)8(3)10(12(20)21-5)23-13(11)24-14(19)15(16,17)18/h6,8-11,13,19H,1-5H3/t8-,9-,10-,11+,13+/m0/s1. The normalized spacial score (nSPS) is 29.5. The van der Waals surface area contributed by atoms with Gasteiger partial charge in [0.15, 0.2) is 12.2 Å². The third kappa shape index (κ3) is 6.18. The van der Waals surface area contributed by atoms with Gasteiger partial charge < -0.3 is 19.1 Å². The maximum Gasteiger partial charge on any atom is 0.335 e. The maximum atomic E-state index is 11.9. The molecular weight excluding hydrogens is 397 g/mol. The number of carbonyl (C=O) groups excluding carboxylic acids is 1. The molecule has 1 rings (SSSR count). The summed E-state index contributed by atoms with van der Waals surface area (Å²) in [4.78, 5) is 22.4. The topological polar surface area (TPSA) is 87.1 Å². The van der Waals surface area contributed by atoms with Crippen molar-refractivity contribution in [3.05, 3.63) is 11.8 Å². The van der Waals surface area contributed by atoms with E-state index in [2.05, 4.69) is 0 Å². The lowest BCUT2D eigenvalue weighted by Crippen LogP contribution is -2.55. The average molecular weight is 419 g/mol. The number of alkyl halides is 3. The first-order chi connectivity index (χ1) is 11.5. The molecule has 0 aliphatic carbocycles. The van der Waals surface area contributed by atoms with Crippen LogP contribution in [0, 0.1) is 17.2 Å². The average Bonchev–Trinajstić information content (AvgIpc) is 2.51. The lowest BCUT2D eigenvalue weighted by atomic mass is 9.83. The van der Waals surface area contributed by atoms with Crippen molar-refractivity contribution >= 4 is 46.7 Å². The fourth-order valence-corrected chi connectivity index (χ4v) is 2.29. The van der Waals surface area contributed by atoms with Gasteiger partial charge in [-0.15, -0.1) is 0 Å². The van der Waals surface area contributed by atoms with Crippen LogP contribution in [0.5, 0.6) is 0 Å². The summed E-state index contributed by atoms with van der Waals surface area (Å²) in [5.41, 5.74) is 0.872. The Labute approximate surface area is 161 Å². The molecular formula is C15H22Cl3NO6. The number of allylic oxidation sites excluding steroid dienone is 1. The minimum atomic E-state index is -2.08. The van der Waals surface area contributed by atoms with Crippen molar-refractivity contribution in [3.8, 4) is 0 Å². The fourth-order valence-electron chi connectivity index (χ4n) is 2.15. The van der Waals surface area contributed by atoms with Crippen molar-refractivity contribution in [2.45, 2.75) is 50.0 Å². The van der Waals surface area contributed by atoms with Crippen molar-refractivity contribution in [3.63, 3.8) is 0 Å². The van der Waals surface area contributed by atoms with E-state index in [4.69, 9.17) is 64.2 Å². The number of carbonyl (C=O) groups is 1. The number of nitrogens with one attached hydrogen (secondary N) is 1. The lowest BCUT2D eigenvalue weighted by molar-refractivity contribution is -0.362. The molecule has 1 aliphatic rings. The smallest absolute Gasteiger partial charge is 0.335 e. The zero-order valence-electron chi connectivity index (χ0n) is 14.5. The van der Waals surface area contributed by atoms with E-state index in [1.54, 1.807) is 6.92 Å². The predicted octanol–water partition coefficient (Wildman–Crippen LogP) is 3.76. The van der Waals surface area contributed by atoms with Gasteiger partial charge in [-0.3, -0.25) is 5.41 Å². The number of rotatable bonds is 5. The summed E-state index contributed by atoms with van der Waals surface area (Å²) in [7, 11) is 1.25. The molecule has 0 saturated carbocycles. The first kappa shape index (κ1) is 22.3. The third-order valence-corrected chi connectivity index (χ3v) is 4.26. The Morgan fingerprint density at radius 1 is 1.20 bits per heavy atom. The Morgan fingerprint density at radius 2 is 1.80 bits per heavy atom. The number of esters is 1. The molecule has 0 amide bonds. The highest BCUT2D eigenvalue weighted by Crippen LogP contribution is 2.36. The lowest BCUT2D eigenvalue weighted by Gasteiger charge is -2.41. The Balaban J connectivity index is 3.01. The Morgan fingerprint density at radius 3 is 2.28 bits per heavy atom. The van der Waals surface area contributed by atoms with Crippen molar-refractivity contribution < 1.29 is 28.8 Å². The second-order valence-electron chi connectivity index (χ2n) is 5.96. The fraction of sp³-hybridized carbons (Fsp3) is 0.733. The van der Waals surface area contributed by atoms with Crippen LogP contribution >= 0.6 is 34.8 Å². The highest BCUT2D eigenvalue weighted by molar-refractivity contribution is 6.76. The summed E-state index contributed by atoms with van der Waals surface area (Å²) in [5, 5.41) is 7.72. The maximum absolute atomic E-state index is 11.9. The molecule has 25 heavy (non-hydrogen) atoms. The summed E-state index contributed by atoms with van der Waals surface area (Å²) in [6, 6.07) is 0. The number of methoxy groups -OCH3 is 1. The van der Waals surface area contributed by atoms with Crippen molar-refractivity contribution in [2.24, 2.45) is 11.8 Å². The summed E-state index contributed by atoms with van der Waals surface area (Å²) in [6.07, 6.45) is -1.50. The zero-order chi connectivity index (χ0) is 19.4. The van der Waals surface area contributed by atoms with Crippen LogP contribution in [0.25, 0.3) is 0 Å². The Bertz CT molecular complexity index is 518. The van der Waals surface area contributed by atoms with Crippen LogP contribution in [-0.2, 0) is 28.8 Å². The van der Waals surface area contributed by atoms with Crippen molar-refractivity contribution in [2.75, 3.05) is 7.11 Å². The molecule has 1 saturated heterocycles. The van der Waals surface area contributed by atoms with Crippen molar-refractivity contribution in [1.82, 2.24) is 0 Å². The number of hydrogen-bond donors (Lipinski definition) is 1. The van der Waals surface area contributed by atoms with Gasteiger partial charge in [0.2, 0.25) is 12.2 Å². The monoisotopic (exact) mass is 417 g/mol. The molecule has 7 nitrogen and oxygen atoms in total. The second-order valence-corrected chi connectivity index (χ2v) is 8.24. The number of hydrogen-bond acceptors (Lipinski definition) is 7. The molecule has 1 aliphatic heterocycles. The first-order valence-electron chi connectivity index (χ1n) is 7.50. The van der Waals surface area contributed by atoms with E-state index in [0.29, 0.717) is 0 Å². The molecule has 1 N–H and O–H groups in total. The van der Waals surface area contributed by atoms with Crippen LogP contribution in [-0.4, -0.2) is 41.3 Å². The summed E-state index contributed by atoms with van der Waals surface area (Å²) >= 11 is 16.9. The van der Waals surface area contributed by atoms with Gasteiger partial charge in [-0.25, -0.2) is 4.79 Å². The molecule has 5 atom stereocenters. The SMILES string of the molecule is COC(=O)[C@H]1O[C@H](OC(=N)C(Cl)(Cl)Cl)[C@H](OOC=C(C)C)[C@@H](C)[C@@H]1C. The van der Waals surface area contributed by atoms with E-state index in [0.717, 1.165) is 5.57 Å². The van der Waals surface area contributed by atoms with E-state index in [-0.39, 0.29) is 11.8 Å². The molecule has 0 aromatic carbocycles. The van der Waals surface area contributed by atoms with Gasteiger partial charge in [-0.1, -0.05) is 48.7 Å². The highest BCUT2D eigenvalue weighted by Gasteiger charge is 2.49. The Kier molecular flexibility index (Phi) is 8.28. The van der Waals surface area contributed by atoms with Gasteiger partial charge in [-0.05, 0) is 31.3 Å². The minimum Gasteiger partial charge on any atom is -0.467 e. The van der Waals surface area contributed by atoms with Gasteiger partial charge in [0.1, 0.15) is 6.26 Å². The van der Waals surface area contributed by atoms with Crippen LogP contribution in [0.1, 0.15) is 27.7 Å². The van der Waals surface area contributed by atoms with E-state index in [1.807, 2.05) is 20.8 Å². The summed E-state index contributed by atoms with van der Waals surface area (Å²) in [5.74, 6) is -1.76. The first-order valence-corrected chi connectivity index (χ1v) is 8.63. The number of halogens is 3. The molecule has 144 valence electrons. The van der Waals surface area contributed by atoms with Gasteiger partial charge in [0, 0.05) is 0 Å². The quantitative estimate of drug-likeness (QED) is 0.139. The number of ether oxygens (including phenoxy) is 3. The van der Waals surface area contributed by atoms with E-state index >= 15 is 0 Å². The van der Waals surface area contributed by atoms with Crippen LogP contribution < -0.4 is 0 Å². The van der Waals surface area contributed by atoms with Gasteiger partial charge in [-0.2, -0.15) is 4.89 Å². The van der Waals surface area contributed by atoms with Gasteiger partial charge in [0.25, 0.3) is 3.79 Å². The molecule has 0 spiro atoms. The predicted molar refractivity (Wildman–Crippen MR) is 93.5 cm³/mol. The second kappa shape index (κ2) is 9.28. The molecule has 0 unspecified atom stereocenters. The minimum absolute atomic E-state index is 0.253. The van der Waals surface area contributed by atoms with E-state index < -0.39 is 34.2 Å². The highest BCUT2D eigenvalue weighted by atomic mass is 35.6. The zero-order valence-corrected chi connectivity index (χ0v) is 16.8. The Hall–Kier alpha value is -0.730. The van der Waals surface area contributed by atoms with Crippen LogP contribution in [0.15, 0.2) is 11.8 Å². The molecule has 10 heteroatoms. The molecule has 0 aromatic rings. The summed E-state index contributed by atoms with van der Waals surface area (Å²) < 4.78 is 13.6. The molecule has 0 aromatic heterocycles. The van der Waals surface area contributed by atoms with Crippen LogP contribution in [0.3, 0.4) is 0 Å². The third-order valence-electron chi connectivity index (χ3n) is 3.75. The largest absolute Gasteiger partial charge is 0.467 e. The van der Waals surface area contributed by atoms with Crippen LogP contribution in [0.4, 0.5) is 0 Å². The van der Waals surface area contributed by atoms with Gasteiger partial charge >= 0.3 is 5.97 Å². The van der Waals surface area contributed by atoms with Crippen LogP contribution in [0.2, 0.25) is 0 Å². The molecule has 1 heterocycles. The summed E-state index contributed by atoms with van der Waals surface area (Å²) in [6.45, 7) is 7.29. The van der Waals surface area contributed by atoms with Gasteiger partial charge in [0.05, 0.1) is 7.11 Å². The molecule has 0 bridgehead atoms. The molecule has 1 fully saturated rings.